The third-order valence-electron chi connectivity index (χ3n) is 0.250. The molecule has 0 aromatic heterocycles. The van der Waals surface area contributed by atoms with Gasteiger partial charge in [0.15, 0.2) is 0 Å². The summed E-state index contributed by atoms with van der Waals surface area (Å²) in [5, 5.41) is 3.23. The quantitative estimate of drug-likeness (QED) is 0.127. The van der Waals surface area contributed by atoms with Crippen molar-refractivity contribution in [3.63, 3.8) is 0 Å². The van der Waals surface area contributed by atoms with Crippen LogP contribution in [0.2, 0.25) is 0 Å². The Labute approximate surface area is 52.8 Å². The maximum absolute atomic E-state index is 4.85. The van der Waals surface area contributed by atoms with Gasteiger partial charge in [-0.3, -0.25) is 5.84 Å². The van der Waals surface area contributed by atoms with Gasteiger partial charge in [-0.1, -0.05) is 0 Å². The van der Waals surface area contributed by atoms with E-state index in [1.54, 1.807) is 0 Å². The molecule has 0 saturated carbocycles. The molecule has 0 atom stereocenters. The lowest BCUT2D eigenvalue weighted by atomic mass is 11.1. The highest BCUT2D eigenvalue weighted by atomic mass is 35.5. The highest BCUT2D eigenvalue weighted by molar-refractivity contribution is 5.85. The van der Waals surface area contributed by atoms with Crippen LogP contribution in [0.1, 0.15) is 0 Å². The van der Waals surface area contributed by atoms with Gasteiger partial charge < -0.3 is 11.5 Å². The van der Waals surface area contributed by atoms with Crippen LogP contribution < -0.4 is 28.4 Å². The summed E-state index contributed by atoms with van der Waals surface area (Å²) < 4.78 is 0. The summed E-state index contributed by atoms with van der Waals surface area (Å²) in [6, 6.07) is 0. The summed E-state index contributed by atoms with van der Waals surface area (Å²) in [7, 11) is 0. The Morgan fingerprint density at radius 2 is 1.88 bits per heavy atom. The van der Waals surface area contributed by atoms with Crippen molar-refractivity contribution in [1.82, 2.24) is 11.1 Å². The molecule has 0 aliphatic carbocycles. The largest absolute Gasteiger partial charge is 0.369 e. The molecule has 8 N–H and O–H groups in total. The van der Waals surface area contributed by atoms with E-state index in [-0.39, 0.29) is 18.4 Å². The first-order chi connectivity index (χ1) is 3.27. The summed E-state index contributed by atoms with van der Waals surface area (Å²) >= 11 is 0. The van der Waals surface area contributed by atoms with E-state index in [9.17, 15) is 0 Å². The summed E-state index contributed by atoms with van der Waals surface area (Å²) in [6.07, 6.45) is 0. The lowest BCUT2D eigenvalue weighted by molar-refractivity contribution is 0.581. The number of nitrogens with one attached hydrogen (secondary N) is 2. The molecule has 6 nitrogen and oxygen atoms in total. The molecule has 50 valence electrons. The Hall–Kier alpha value is -0.720. The molecule has 0 saturated heterocycles. The Kier molecular flexibility index (Phi) is 8.08. The minimum Gasteiger partial charge on any atom is -0.369 e. The van der Waals surface area contributed by atoms with Gasteiger partial charge in [0.05, 0.1) is 0 Å². The van der Waals surface area contributed by atoms with E-state index in [1.165, 1.54) is 0 Å². The van der Waals surface area contributed by atoms with Gasteiger partial charge in [0, 0.05) is 0 Å². The monoisotopic (exact) mass is 140 g/mol. The fraction of sp³-hybridized carbons (Fsp3) is 0. The molecule has 8 heavy (non-hydrogen) atoms. The first-order valence-corrected chi connectivity index (χ1v) is 1.56. The van der Waals surface area contributed by atoms with Crippen molar-refractivity contribution in [3.05, 3.63) is 0 Å². The molecule has 0 bridgehead atoms. The van der Waals surface area contributed by atoms with Gasteiger partial charge >= 0.3 is 0 Å². The van der Waals surface area contributed by atoms with Crippen LogP contribution >= 0.6 is 12.4 Å². The van der Waals surface area contributed by atoms with Gasteiger partial charge in [-0.05, 0) is 0 Å². The van der Waals surface area contributed by atoms with Crippen molar-refractivity contribution in [2.24, 2.45) is 22.4 Å². The van der Waals surface area contributed by atoms with Gasteiger partial charge in [0.1, 0.15) is 0 Å². The molecule has 0 aromatic rings. The number of rotatable bonds is 2. The number of hydrazone groups is 1. The fourth-order valence-corrected chi connectivity index (χ4v) is 0.0968. The van der Waals surface area contributed by atoms with E-state index >= 15 is 0 Å². The normalized spacial score (nSPS) is 6.62. The van der Waals surface area contributed by atoms with Crippen LogP contribution in [0.15, 0.2) is 5.10 Å². The smallest absolute Gasteiger partial charge is 0.210 e. The van der Waals surface area contributed by atoms with Gasteiger partial charge in [0.2, 0.25) is 5.96 Å². The van der Waals surface area contributed by atoms with Crippen molar-refractivity contribution < 1.29 is 0 Å². The molecule has 0 unspecified atom stereocenters. The Morgan fingerprint density at radius 3 is 2.00 bits per heavy atom. The van der Waals surface area contributed by atoms with Crippen molar-refractivity contribution in [2.45, 2.75) is 0 Å². The van der Waals surface area contributed by atoms with Crippen molar-refractivity contribution in [2.75, 3.05) is 0 Å². The van der Waals surface area contributed by atoms with E-state index in [2.05, 4.69) is 10.6 Å². The highest BCUT2D eigenvalue weighted by Crippen LogP contribution is 1.41. The molecule has 0 heterocycles. The lowest BCUT2D eigenvalue weighted by Gasteiger charge is -1.92. The van der Waals surface area contributed by atoms with Crippen molar-refractivity contribution in [1.29, 1.82) is 0 Å². The van der Waals surface area contributed by atoms with Crippen LogP contribution in [0.4, 0.5) is 0 Å². The number of nitrogens with zero attached hydrogens (tertiary/aromatic N) is 1. The zero-order chi connectivity index (χ0) is 5.70. The Morgan fingerprint density at radius 1 is 1.38 bits per heavy atom. The number of hydrogen-bond donors (Lipinski definition) is 5. The van der Waals surface area contributed by atoms with Gasteiger partial charge in [-0.25, -0.2) is 5.53 Å². The van der Waals surface area contributed by atoms with Gasteiger partial charge in [0.25, 0.3) is 0 Å². The number of nitrogens with two attached hydrogens (primary N) is 3. The Bertz CT molecular complexity index is 64.9. The van der Waals surface area contributed by atoms with Crippen LogP contribution in [-0.2, 0) is 0 Å². The summed E-state index contributed by atoms with van der Waals surface area (Å²) in [6.45, 7) is 0. The molecule has 0 aliphatic rings. The van der Waals surface area contributed by atoms with E-state index < -0.39 is 0 Å². The number of hydrazine groups is 2. The molecule has 0 fully saturated rings. The molecule has 7 heteroatoms. The number of hydrogen-bond acceptors (Lipinski definition) is 4. The Balaban J connectivity index is 0. The van der Waals surface area contributed by atoms with Crippen LogP contribution in [0.25, 0.3) is 0 Å². The highest BCUT2D eigenvalue weighted by Gasteiger charge is 1.70. The van der Waals surface area contributed by atoms with E-state index in [1.807, 2.05) is 5.53 Å². The molecule has 0 aliphatic heterocycles. The first-order valence-electron chi connectivity index (χ1n) is 1.56. The van der Waals surface area contributed by atoms with Gasteiger partial charge in [-0.15, -0.1) is 17.5 Å². The average molecular weight is 141 g/mol. The molecule has 0 rings (SSSR count). The molecule has 0 aromatic carbocycles. The zero-order valence-electron chi connectivity index (χ0n) is 4.09. The second kappa shape index (κ2) is 6.28. The van der Waals surface area contributed by atoms with Crippen LogP contribution in [0, 0.1) is 0 Å². The molecule has 0 amide bonds. The zero-order valence-corrected chi connectivity index (χ0v) is 4.90. The number of guanidine groups is 1. The summed E-state index contributed by atoms with van der Waals surface area (Å²) in [4.78, 5) is 0. The van der Waals surface area contributed by atoms with E-state index in [0.717, 1.165) is 0 Å². The van der Waals surface area contributed by atoms with Crippen LogP contribution in [0.5, 0.6) is 0 Å². The predicted molar refractivity (Wildman–Crippen MR) is 33.5 cm³/mol. The second-order valence-electron chi connectivity index (χ2n) is 0.793. The summed E-state index contributed by atoms with van der Waals surface area (Å²) in [5.41, 5.74) is 13.8. The average Bonchev–Trinajstić information content (AvgIpc) is 1.61. The number of halogens is 1. The molecular formula is CH9ClN6. The van der Waals surface area contributed by atoms with Crippen LogP contribution in [-0.4, -0.2) is 5.96 Å². The van der Waals surface area contributed by atoms with E-state index in [4.69, 9.17) is 17.3 Å². The van der Waals surface area contributed by atoms with E-state index in [0.29, 0.717) is 0 Å². The van der Waals surface area contributed by atoms with Crippen molar-refractivity contribution >= 4 is 18.4 Å². The SMILES string of the molecule is Cl.NNNN=C(N)N. The second-order valence-corrected chi connectivity index (χ2v) is 0.793. The third kappa shape index (κ3) is 8.99. The van der Waals surface area contributed by atoms with Crippen molar-refractivity contribution in [3.8, 4) is 0 Å². The lowest BCUT2D eigenvalue weighted by Crippen LogP contribution is -2.37. The van der Waals surface area contributed by atoms with Crippen LogP contribution in [0.3, 0.4) is 0 Å². The third-order valence-corrected chi connectivity index (χ3v) is 0.250. The van der Waals surface area contributed by atoms with Gasteiger partial charge in [-0.2, -0.15) is 5.53 Å². The standard InChI is InChI=1S/CH8N6.ClH/c2-1(3)5-7-6-4;/h6-7H,4H2,(H4,2,3,5);1H. The summed E-state index contributed by atoms with van der Waals surface area (Å²) in [5.74, 6) is 4.63. The fourth-order valence-electron chi connectivity index (χ4n) is 0.0968. The minimum absolute atomic E-state index is 0. The topological polar surface area (TPSA) is 114 Å². The maximum Gasteiger partial charge on any atom is 0.210 e. The molecule has 0 radical (unpaired) electrons. The minimum atomic E-state index is -0.0713. The first kappa shape index (κ1) is 10.3. The molecular weight excluding hydrogens is 132 g/mol. The molecule has 0 spiro atoms. The maximum atomic E-state index is 4.85. The predicted octanol–water partition coefficient (Wildman–Crippen LogP) is -2.44.